The Hall–Kier alpha value is -0.700. The van der Waals surface area contributed by atoms with E-state index >= 15 is 0 Å². The van der Waals surface area contributed by atoms with Crippen LogP contribution in [0.1, 0.15) is 33.1 Å². The summed E-state index contributed by atoms with van der Waals surface area (Å²) in [7, 11) is -4.00. The van der Waals surface area contributed by atoms with Gasteiger partial charge in [0.1, 0.15) is 10.7 Å². The zero-order chi connectivity index (χ0) is 15.8. The largest absolute Gasteiger partial charge is 0.398 e. The van der Waals surface area contributed by atoms with Gasteiger partial charge >= 0.3 is 0 Å². The molecule has 1 heterocycles. The number of piperidine rings is 1. The van der Waals surface area contributed by atoms with Crippen molar-refractivity contribution < 1.29 is 12.8 Å². The van der Waals surface area contributed by atoms with Gasteiger partial charge in [0, 0.05) is 22.2 Å². The summed E-state index contributed by atoms with van der Waals surface area (Å²) in [6.45, 7) is 3.90. The van der Waals surface area contributed by atoms with Crippen LogP contribution in [0.25, 0.3) is 0 Å². The summed E-state index contributed by atoms with van der Waals surface area (Å²) in [5.41, 5.74) is 5.83. The predicted molar refractivity (Wildman–Crippen MR) is 83.4 cm³/mol. The zero-order valence-corrected chi connectivity index (χ0v) is 14.3. The maximum Gasteiger partial charge on any atom is 0.256 e. The Morgan fingerprint density at radius 2 is 1.90 bits per heavy atom. The SMILES string of the molecule is CC1CCCC(C)N1NS(=O)(=O)c1cc(N)c(Br)cc1F. The van der Waals surface area contributed by atoms with Crippen molar-refractivity contribution in [2.45, 2.75) is 50.1 Å². The van der Waals surface area contributed by atoms with Gasteiger partial charge in [0.2, 0.25) is 0 Å². The molecule has 0 spiro atoms. The fourth-order valence-corrected chi connectivity index (χ4v) is 4.19. The van der Waals surface area contributed by atoms with Crippen molar-refractivity contribution in [3.8, 4) is 0 Å². The molecule has 2 atom stereocenters. The fraction of sp³-hybridized carbons (Fsp3) is 0.538. The standard InChI is InChI=1S/C13H19BrFN3O2S/c1-8-4-3-5-9(2)18(8)17-21(19,20)13-7-12(16)10(14)6-11(13)15/h6-9,17H,3-5,16H2,1-2H3. The zero-order valence-electron chi connectivity index (χ0n) is 11.9. The van der Waals surface area contributed by atoms with Gasteiger partial charge in [0.15, 0.2) is 0 Å². The molecule has 1 aromatic carbocycles. The Labute approximate surface area is 132 Å². The topological polar surface area (TPSA) is 75.4 Å². The van der Waals surface area contributed by atoms with Crippen LogP contribution in [-0.2, 0) is 10.0 Å². The maximum atomic E-state index is 14.0. The van der Waals surface area contributed by atoms with Crippen molar-refractivity contribution >= 4 is 31.6 Å². The van der Waals surface area contributed by atoms with Crippen LogP contribution in [0, 0.1) is 5.82 Å². The summed E-state index contributed by atoms with van der Waals surface area (Å²) in [5, 5.41) is 1.68. The first-order valence-electron chi connectivity index (χ1n) is 6.77. The van der Waals surface area contributed by atoms with E-state index in [2.05, 4.69) is 20.8 Å². The molecule has 8 heteroatoms. The Balaban J connectivity index is 2.32. The number of halogens is 2. The quantitative estimate of drug-likeness (QED) is 0.791. The van der Waals surface area contributed by atoms with Crippen molar-refractivity contribution in [1.82, 2.24) is 9.84 Å². The molecular formula is C13H19BrFN3O2S. The lowest BCUT2D eigenvalue weighted by atomic mass is 10.0. The van der Waals surface area contributed by atoms with E-state index in [0.29, 0.717) is 4.47 Å². The molecule has 1 aliphatic rings. The first kappa shape index (κ1) is 16.7. The molecule has 5 nitrogen and oxygen atoms in total. The van der Waals surface area contributed by atoms with Gasteiger partial charge < -0.3 is 5.73 Å². The van der Waals surface area contributed by atoms with Crippen LogP contribution in [-0.4, -0.2) is 25.5 Å². The van der Waals surface area contributed by atoms with Crippen LogP contribution in [0.3, 0.4) is 0 Å². The smallest absolute Gasteiger partial charge is 0.256 e. The molecule has 0 saturated carbocycles. The summed E-state index contributed by atoms with van der Waals surface area (Å²) >= 11 is 3.07. The number of nitrogens with two attached hydrogens (primary N) is 1. The second-order valence-electron chi connectivity index (χ2n) is 5.44. The van der Waals surface area contributed by atoms with Crippen molar-refractivity contribution in [1.29, 1.82) is 0 Å². The number of nitrogen functional groups attached to an aromatic ring is 1. The van der Waals surface area contributed by atoms with Gasteiger partial charge in [0.05, 0.1) is 0 Å². The number of hydrogen-bond donors (Lipinski definition) is 2. The normalized spacial score (nSPS) is 24.2. The van der Waals surface area contributed by atoms with E-state index in [1.807, 2.05) is 13.8 Å². The van der Waals surface area contributed by atoms with Gasteiger partial charge in [-0.2, -0.15) is 0 Å². The molecular weight excluding hydrogens is 361 g/mol. The van der Waals surface area contributed by atoms with Crippen molar-refractivity contribution in [2.75, 3.05) is 5.73 Å². The molecule has 1 aromatic rings. The van der Waals surface area contributed by atoms with Gasteiger partial charge in [-0.05, 0) is 54.8 Å². The minimum absolute atomic E-state index is 0.0689. The molecule has 3 N–H and O–H groups in total. The molecule has 0 amide bonds. The number of sulfonamides is 1. The third-order valence-electron chi connectivity index (χ3n) is 3.76. The summed E-state index contributed by atoms with van der Waals surface area (Å²) in [6.07, 6.45) is 2.86. The first-order chi connectivity index (χ1) is 9.72. The third-order valence-corrected chi connectivity index (χ3v) is 5.79. The van der Waals surface area contributed by atoms with E-state index in [-0.39, 0.29) is 17.8 Å². The molecule has 1 fully saturated rings. The molecule has 1 saturated heterocycles. The Bertz CT molecular complexity index is 629. The average Bonchev–Trinajstić information content (AvgIpc) is 2.38. The number of hydrogen-bond acceptors (Lipinski definition) is 4. The Kier molecular flexibility index (Phi) is 4.92. The number of nitrogens with one attached hydrogen (secondary N) is 1. The molecule has 0 aliphatic carbocycles. The Morgan fingerprint density at radius 3 is 2.48 bits per heavy atom. The van der Waals surface area contributed by atoms with E-state index in [1.54, 1.807) is 5.01 Å². The minimum Gasteiger partial charge on any atom is -0.398 e. The van der Waals surface area contributed by atoms with Gasteiger partial charge in [-0.1, -0.05) is 6.42 Å². The van der Waals surface area contributed by atoms with Crippen LogP contribution in [0.4, 0.5) is 10.1 Å². The van der Waals surface area contributed by atoms with Crippen molar-refractivity contribution in [3.63, 3.8) is 0 Å². The molecule has 0 aromatic heterocycles. The predicted octanol–water partition coefficient (Wildman–Crippen LogP) is 2.63. The molecule has 21 heavy (non-hydrogen) atoms. The van der Waals surface area contributed by atoms with E-state index in [9.17, 15) is 12.8 Å². The summed E-state index contributed by atoms with van der Waals surface area (Å²) < 4.78 is 39.1. The van der Waals surface area contributed by atoms with Crippen LogP contribution >= 0.6 is 15.9 Å². The molecule has 118 valence electrons. The fourth-order valence-electron chi connectivity index (χ4n) is 2.54. The van der Waals surface area contributed by atoms with Crippen LogP contribution < -0.4 is 10.6 Å². The van der Waals surface area contributed by atoms with E-state index in [0.717, 1.165) is 31.4 Å². The van der Waals surface area contributed by atoms with Crippen LogP contribution in [0.5, 0.6) is 0 Å². The first-order valence-corrected chi connectivity index (χ1v) is 9.05. The Morgan fingerprint density at radius 1 is 1.33 bits per heavy atom. The lowest BCUT2D eigenvalue weighted by molar-refractivity contribution is 0.0789. The highest BCUT2D eigenvalue weighted by Crippen LogP contribution is 2.27. The minimum atomic E-state index is -4.00. The summed E-state index contributed by atoms with van der Waals surface area (Å²) in [4.78, 5) is 2.06. The maximum absolute atomic E-state index is 14.0. The second kappa shape index (κ2) is 6.20. The molecule has 2 unspecified atom stereocenters. The molecule has 2 rings (SSSR count). The monoisotopic (exact) mass is 379 g/mol. The van der Waals surface area contributed by atoms with Gasteiger partial charge in [-0.15, -0.1) is 4.83 Å². The molecule has 1 aliphatic heterocycles. The highest BCUT2D eigenvalue weighted by molar-refractivity contribution is 9.10. The summed E-state index contributed by atoms with van der Waals surface area (Å²) in [6, 6.07) is 2.33. The van der Waals surface area contributed by atoms with E-state index in [4.69, 9.17) is 5.73 Å². The van der Waals surface area contributed by atoms with Crippen molar-refractivity contribution in [2.24, 2.45) is 0 Å². The summed E-state index contributed by atoms with van der Waals surface area (Å²) in [5.74, 6) is -0.833. The van der Waals surface area contributed by atoms with Gasteiger partial charge in [0.25, 0.3) is 10.0 Å². The third kappa shape index (κ3) is 3.56. The lowest BCUT2D eigenvalue weighted by Crippen LogP contribution is -2.54. The van der Waals surface area contributed by atoms with Crippen LogP contribution in [0.2, 0.25) is 0 Å². The number of nitrogens with zero attached hydrogens (tertiary/aromatic N) is 1. The van der Waals surface area contributed by atoms with E-state index in [1.165, 1.54) is 0 Å². The van der Waals surface area contributed by atoms with Crippen LogP contribution in [0.15, 0.2) is 21.5 Å². The number of rotatable bonds is 3. The number of hydrazine groups is 1. The number of anilines is 1. The van der Waals surface area contributed by atoms with Gasteiger partial charge in [-0.25, -0.2) is 17.8 Å². The average molecular weight is 380 g/mol. The highest BCUT2D eigenvalue weighted by atomic mass is 79.9. The van der Waals surface area contributed by atoms with E-state index < -0.39 is 20.7 Å². The number of benzene rings is 1. The lowest BCUT2D eigenvalue weighted by Gasteiger charge is -2.38. The molecule has 0 radical (unpaired) electrons. The van der Waals surface area contributed by atoms with Crippen molar-refractivity contribution in [3.05, 3.63) is 22.4 Å². The van der Waals surface area contributed by atoms with Gasteiger partial charge in [-0.3, -0.25) is 0 Å². The second-order valence-corrected chi connectivity index (χ2v) is 7.92. The highest BCUT2D eigenvalue weighted by Gasteiger charge is 2.30. The molecule has 0 bridgehead atoms.